The average molecular weight is 410 g/mol. The van der Waals surface area contributed by atoms with Crippen LogP contribution in [0.25, 0.3) is 10.9 Å². The monoisotopic (exact) mass is 409 g/mol. The zero-order chi connectivity index (χ0) is 20.7. The summed E-state index contributed by atoms with van der Waals surface area (Å²) < 4.78 is 6.72. The van der Waals surface area contributed by atoms with Crippen molar-refractivity contribution in [1.82, 2.24) is 9.55 Å². The molecule has 1 aliphatic rings. The standard InChI is InChI=1S/C20H16ClN5O3/c1-10-9-24-17-12-7-11(25-14-5-6-23-18(21)13(14)8-22)3-4-15(12)26(2)19(27)16(17)20(28)29-10/h3-7,10,24H,9H2,1-2H3,(H,23,25). The van der Waals surface area contributed by atoms with E-state index in [1.807, 2.05) is 6.07 Å². The predicted molar refractivity (Wildman–Crippen MR) is 110 cm³/mol. The third kappa shape index (κ3) is 3.15. The van der Waals surface area contributed by atoms with Crippen LogP contribution in [0.4, 0.5) is 17.1 Å². The number of aromatic nitrogens is 2. The van der Waals surface area contributed by atoms with Crippen LogP contribution in [0.5, 0.6) is 0 Å². The van der Waals surface area contributed by atoms with Gasteiger partial charge in [0.25, 0.3) is 5.56 Å². The summed E-state index contributed by atoms with van der Waals surface area (Å²) in [5.74, 6) is -0.647. The molecule has 0 radical (unpaired) electrons. The fourth-order valence-corrected chi connectivity index (χ4v) is 3.53. The van der Waals surface area contributed by atoms with Gasteiger partial charge in [-0.25, -0.2) is 9.78 Å². The number of nitrogens with one attached hydrogen (secondary N) is 2. The van der Waals surface area contributed by atoms with Crippen LogP contribution in [-0.2, 0) is 11.8 Å². The molecule has 2 N–H and O–H groups in total. The highest BCUT2D eigenvalue weighted by molar-refractivity contribution is 6.31. The number of fused-ring (bicyclic) bond motifs is 3. The normalized spacial score (nSPS) is 15.7. The van der Waals surface area contributed by atoms with Gasteiger partial charge in [0.2, 0.25) is 0 Å². The van der Waals surface area contributed by atoms with Crippen LogP contribution in [-0.4, -0.2) is 28.2 Å². The van der Waals surface area contributed by atoms with Crippen molar-refractivity contribution in [2.24, 2.45) is 7.05 Å². The fraction of sp³-hybridized carbons (Fsp3) is 0.200. The van der Waals surface area contributed by atoms with Gasteiger partial charge in [-0.2, -0.15) is 5.26 Å². The second-order valence-electron chi connectivity index (χ2n) is 6.70. The van der Waals surface area contributed by atoms with Crippen LogP contribution in [0.2, 0.25) is 5.15 Å². The van der Waals surface area contributed by atoms with Gasteiger partial charge >= 0.3 is 5.97 Å². The number of anilines is 3. The smallest absolute Gasteiger partial charge is 0.346 e. The Hall–Kier alpha value is -3.57. The highest BCUT2D eigenvalue weighted by Crippen LogP contribution is 2.32. The summed E-state index contributed by atoms with van der Waals surface area (Å²) in [6.07, 6.45) is 1.13. The first-order chi connectivity index (χ1) is 13.9. The number of pyridine rings is 2. The largest absolute Gasteiger partial charge is 0.457 e. The van der Waals surface area contributed by atoms with E-state index in [1.165, 1.54) is 10.8 Å². The van der Waals surface area contributed by atoms with Gasteiger partial charge in [0.05, 0.1) is 23.4 Å². The molecule has 0 saturated carbocycles. The molecule has 29 heavy (non-hydrogen) atoms. The third-order valence-electron chi connectivity index (χ3n) is 4.77. The second kappa shape index (κ2) is 7.11. The first kappa shape index (κ1) is 18.8. The van der Waals surface area contributed by atoms with Gasteiger partial charge in [-0.15, -0.1) is 0 Å². The summed E-state index contributed by atoms with van der Waals surface area (Å²) in [5.41, 5.74) is 2.04. The van der Waals surface area contributed by atoms with Crippen molar-refractivity contribution < 1.29 is 9.53 Å². The van der Waals surface area contributed by atoms with Crippen LogP contribution >= 0.6 is 11.6 Å². The van der Waals surface area contributed by atoms with E-state index in [0.717, 1.165) is 0 Å². The van der Waals surface area contributed by atoms with Crippen molar-refractivity contribution in [2.75, 3.05) is 17.2 Å². The summed E-state index contributed by atoms with van der Waals surface area (Å²) in [4.78, 5) is 29.1. The van der Waals surface area contributed by atoms with E-state index < -0.39 is 11.5 Å². The Labute approximate surface area is 170 Å². The van der Waals surface area contributed by atoms with E-state index in [-0.39, 0.29) is 22.4 Å². The molecule has 8 nitrogen and oxygen atoms in total. The van der Waals surface area contributed by atoms with Gasteiger partial charge in [0.15, 0.2) is 0 Å². The van der Waals surface area contributed by atoms with E-state index in [4.69, 9.17) is 16.3 Å². The molecule has 1 aromatic carbocycles. The van der Waals surface area contributed by atoms with Gasteiger partial charge in [-0.3, -0.25) is 4.79 Å². The zero-order valence-electron chi connectivity index (χ0n) is 15.6. The van der Waals surface area contributed by atoms with E-state index in [1.54, 1.807) is 38.2 Å². The molecule has 0 bridgehead atoms. The van der Waals surface area contributed by atoms with E-state index in [2.05, 4.69) is 15.6 Å². The number of aryl methyl sites for hydroxylation is 1. The summed E-state index contributed by atoms with van der Waals surface area (Å²) in [6.45, 7) is 2.14. The Kier molecular flexibility index (Phi) is 4.60. The van der Waals surface area contributed by atoms with Crippen molar-refractivity contribution in [2.45, 2.75) is 13.0 Å². The molecule has 1 unspecified atom stereocenters. The molecule has 0 aliphatic carbocycles. The molecule has 1 atom stereocenters. The van der Waals surface area contributed by atoms with E-state index in [0.29, 0.717) is 34.5 Å². The Balaban J connectivity index is 1.90. The van der Waals surface area contributed by atoms with Gasteiger partial charge in [-0.05, 0) is 31.2 Å². The van der Waals surface area contributed by atoms with Gasteiger partial charge in [0.1, 0.15) is 28.5 Å². The van der Waals surface area contributed by atoms with Crippen LogP contribution in [0.15, 0.2) is 35.3 Å². The molecule has 4 rings (SSSR count). The van der Waals surface area contributed by atoms with Gasteiger partial charge in [0, 0.05) is 24.3 Å². The third-order valence-corrected chi connectivity index (χ3v) is 5.06. The molecule has 9 heteroatoms. The summed E-state index contributed by atoms with van der Waals surface area (Å²) >= 11 is 6.00. The summed E-state index contributed by atoms with van der Waals surface area (Å²) in [6, 6.07) is 9.03. The SMILES string of the molecule is CC1CNc2c(c(=O)n(C)c3ccc(Nc4ccnc(Cl)c4C#N)cc23)C(=O)O1. The minimum atomic E-state index is -0.647. The van der Waals surface area contributed by atoms with Crippen molar-refractivity contribution in [3.05, 3.63) is 57.1 Å². The van der Waals surface area contributed by atoms with Crippen molar-refractivity contribution in [3.63, 3.8) is 0 Å². The lowest BCUT2D eigenvalue weighted by molar-refractivity contribution is 0.0376. The average Bonchev–Trinajstić information content (AvgIpc) is 2.84. The lowest BCUT2D eigenvalue weighted by Crippen LogP contribution is -2.26. The maximum Gasteiger partial charge on any atom is 0.346 e. The number of carbonyl (C=O) groups excluding carboxylic acids is 1. The van der Waals surface area contributed by atoms with Crippen LogP contribution in [0.1, 0.15) is 22.8 Å². The number of benzene rings is 1. The van der Waals surface area contributed by atoms with Gasteiger partial charge < -0.3 is 19.9 Å². The Morgan fingerprint density at radius 3 is 2.93 bits per heavy atom. The molecule has 3 heterocycles. The first-order valence-corrected chi connectivity index (χ1v) is 9.21. The van der Waals surface area contributed by atoms with Crippen molar-refractivity contribution >= 4 is 45.5 Å². The Morgan fingerprint density at radius 1 is 1.38 bits per heavy atom. The second-order valence-corrected chi connectivity index (χ2v) is 7.06. The molecule has 2 aromatic heterocycles. The van der Waals surface area contributed by atoms with Crippen LogP contribution in [0.3, 0.4) is 0 Å². The molecular formula is C20H16ClN5O3. The highest BCUT2D eigenvalue weighted by Gasteiger charge is 2.27. The number of carbonyl (C=O) groups is 1. The van der Waals surface area contributed by atoms with Crippen LogP contribution < -0.4 is 16.2 Å². The topological polar surface area (TPSA) is 109 Å². The summed E-state index contributed by atoms with van der Waals surface area (Å²) in [5, 5.41) is 16.5. The lowest BCUT2D eigenvalue weighted by atomic mass is 10.1. The number of esters is 1. The molecule has 3 aromatic rings. The molecular weight excluding hydrogens is 394 g/mol. The predicted octanol–water partition coefficient (Wildman–Crippen LogP) is 3.17. The lowest BCUT2D eigenvalue weighted by Gasteiger charge is -2.15. The minimum Gasteiger partial charge on any atom is -0.457 e. The number of halogens is 1. The Morgan fingerprint density at radius 2 is 2.17 bits per heavy atom. The number of hydrogen-bond donors (Lipinski definition) is 2. The molecule has 1 aliphatic heterocycles. The van der Waals surface area contributed by atoms with Crippen molar-refractivity contribution in [1.29, 1.82) is 5.26 Å². The number of hydrogen-bond acceptors (Lipinski definition) is 7. The quantitative estimate of drug-likeness (QED) is 0.494. The number of ether oxygens (including phenoxy) is 1. The summed E-state index contributed by atoms with van der Waals surface area (Å²) in [7, 11) is 1.61. The first-order valence-electron chi connectivity index (χ1n) is 8.84. The maximum atomic E-state index is 12.7. The molecule has 0 amide bonds. The van der Waals surface area contributed by atoms with E-state index >= 15 is 0 Å². The van der Waals surface area contributed by atoms with Crippen molar-refractivity contribution in [3.8, 4) is 6.07 Å². The fourth-order valence-electron chi connectivity index (χ4n) is 3.33. The molecule has 146 valence electrons. The Bertz CT molecular complexity index is 1260. The number of cyclic esters (lactones) is 1. The number of nitrogens with zero attached hydrogens (tertiary/aromatic N) is 3. The zero-order valence-corrected chi connectivity index (χ0v) is 16.4. The van der Waals surface area contributed by atoms with Gasteiger partial charge in [-0.1, -0.05) is 11.6 Å². The van der Waals surface area contributed by atoms with Crippen LogP contribution in [0, 0.1) is 11.3 Å². The molecule has 0 fully saturated rings. The number of nitriles is 1. The molecule has 0 spiro atoms. The maximum absolute atomic E-state index is 12.7. The molecule has 0 saturated heterocycles. The minimum absolute atomic E-state index is 0.0221. The highest BCUT2D eigenvalue weighted by atomic mass is 35.5. The van der Waals surface area contributed by atoms with E-state index in [9.17, 15) is 14.9 Å². The number of rotatable bonds is 2.